The van der Waals surface area contributed by atoms with E-state index in [1.807, 2.05) is 6.20 Å². The number of rotatable bonds is 7. The van der Waals surface area contributed by atoms with Crippen LogP contribution in [0.3, 0.4) is 0 Å². The number of hydrogen-bond acceptors (Lipinski definition) is 6. The molecule has 0 N–H and O–H groups in total. The molecule has 2 saturated heterocycles. The normalized spacial score (nSPS) is 24.5. The Morgan fingerprint density at radius 1 is 1.26 bits per heavy atom. The summed E-state index contributed by atoms with van der Waals surface area (Å²) in [7, 11) is 1.45. The number of carbonyl (C=O) groups is 1. The number of ether oxygens (including phenoxy) is 2. The summed E-state index contributed by atoms with van der Waals surface area (Å²) >= 11 is 0. The molecule has 2 aliphatic heterocycles. The molecule has 5 heterocycles. The van der Waals surface area contributed by atoms with E-state index < -0.39 is 30.2 Å². The monoisotopic (exact) mass is 432 g/mol. The molecule has 0 amide bonds. The molecule has 0 spiro atoms. The number of methoxy groups -OCH3 is 1. The number of aromatic nitrogens is 4. The van der Waals surface area contributed by atoms with Crippen molar-refractivity contribution in [2.24, 2.45) is 0 Å². The third kappa shape index (κ3) is 3.16. The summed E-state index contributed by atoms with van der Waals surface area (Å²) in [6.45, 7) is -0.103. The van der Waals surface area contributed by atoms with E-state index in [1.165, 1.54) is 25.3 Å². The van der Waals surface area contributed by atoms with E-state index in [1.54, 1.807) is 10.6 Å². The van der Waals surface area contributed by atoms with Crippen molar-refractivity contribution < 1.29 is 27.4 Å². The molecule has 31 heavy (non-hydrogen) atoms. The number of fused-ring (bicyclic) bond motifs is 2. The minimum Gasteiger partial charge on any atom is -0.478 e. The fourth-order valence-corrected chi connectivity index (χ4v) is 4.55. The standard InChI is InChI=1S/C21H19F3N4O3/c1-30-19-18-27-16(20-8-21(9-20,10-22)31-11-20)7-28(18)6-12(25-19)5-15(29)13-3-2-4-14(26-13)17(23)24/h2-4,6-7,17H,5,8-11H2,1H3. The summed E-state index contributed by atoms with van der Waals surface area (Å²) in [5.41, 5.74) is 0.121. The highest BCUT2D eigenvalue weighted by molar-refractivity contribution is 5.95. The summed E-state index contributed by atoms with van der Waals surface area (Å²) in [6, 6.07) is 3.94. The fourth-order valence-electron chi connectivity index (χ4n) is 4.55. The molecule has 0 radical (unpaired) electrons. The predicted octanol–water partition coefficient (Wildman–Crippen LogP) is 3.27. The fraction of sp³-hybridized carbons (Fsp3) is 0.429. The van der Waals surface area contributed by atoms with E-state index in [4.69, 9.17) is 9.47 Å². The predicted molar refractivity (Wildman–Crippen MR) is 102 cm³/mol. The molecule has 3 aromatic rings. The Bertz CT molecular complexity index is 1170. The molecule has 2 bridgehead atoms. The highest BCUT2D eigenvalue weighted by Gasteiger charge is 2.64. The van der Waals surface area contributed by atoms with E-state index in [2.05, 4.69) is 15.0 Å². The van der Waals surface area contributed by atoms with Crippen molar-refractivity contribution in [1.29, 1.82) is 0 Å². The van der Waals surface area contributed by atoms with Crippen LogP contribution >= 0.6 is 0 Å². The maximum Gasteiger partial charge on any atom is 0.280 e. The van der Waals surface area contributed by atoms with Crippen molar-refractivity contribution in [3.63, 3.8) is 0 Å². The van der Waals surface area contributed by atoms with Gasteiger partial charge in [-0.1, -0.05) is 6.07 Å². The smallest absolute Gasteiger partial charge is 0.280 e. The number of halogens is 3. The quantitative estimate of drug-likeness (QED) is 0.534. The van der Waals surface area contributed by atoms with E-state index >= 15 is 0 Å². The Labute approximate surface area is 175 Å². The van der Waals surface area contributed by atoms with Crippen molar-refractivity contribution >= 4 is 11.4 Å². The van der Waals surface area contributed by atoms with Crippen LogP contribution < -0.4 is 4.74 Å². The third-order valence-corrected chi connectivity index (χ3v) is 6.03. The van der Waals surface area contributed by atoms with Crippen LogP contribution in [0.4, 0.5) is 13.2 Å². The van der Waals surface area contributed by atoms with Crippen LogP contribution in [0.15, 0.2) is 30.6 Å². The van der Waals surface area contributed by atoms with Gasteiger partial charge in [-0.2, -0.15) is 0 Å². The van der Waals surface area contributed by atoms with Gasteiger partial charge < -0.3 is 13.9 Å². The molecule has 3 aliphatic rings. The minimum atomic E-state index is -2.76. The van der Waals surface area contributed by atoms with Crippen molar-refractivity contribution in [2.75, 3.05) is 20.4 Å². The highest BCUT2D eigenvalue weighted by atomic mass is 19.3. The average molecular weight is 432 g/mol. The minimum absolute atomic E-state index is 0.0518. The molecule has 0 unspecified atom stereocenters. The molecule has 3 fully saturated rings. The lowest BCUT2D eigenvalue weighted by Crippen LogP contribution is -2.48. The molecule has 7 nitrogen and oxygen atoms in total. The number of ketones is 1. The van der Waals surface area contributed by atoms with E-state index in [0.29, 0.717) is 30.8 Å². The molecular formula is C21H19F3N4O3. The summed E-state index contributed by atoms with van der Waals surface area (Å²) in [6.07, 6.45) is 1.73. The number of carbonyl (C=O) groups excluding carboxylic acids is 1. The Kier molecular flexibility index (Phi) is 4.51. The number of hydrogen-bond donors (Lipinski definition) is 0. The Morgan fingerprint density at radius 3 is 2.74 bits per heavy atom. The van der Waals surface area contributed by atoms with Crippen LogP contribution in [0.2, 0.25) is 0 Å². The van der Waals surface area contributed by atoms with Gasteiger partial charge in [0.1, 0.15) is 18.1 Å². The summed E-state index contributed by atoms with van der Waals surface area (Å²) in [5, 5.41) is 0. The number of nitrogens with zero attached hydrogens (tertiary/aromatic N) is 4. The second-order valence-corrected chi connectivity index (χ2v) is 8.19. The van der Waals surface area contributed by atoms with E-state index in [0.717, 1.165) is 5.69 Å². The Balaban J connectivity index is 1.44. The van der Waals surface area contributed by atoms with Crippen LogP contribution in [0, 0.1) is 0 Å². The largest absolute Gasteiger partial charge is 0.478 e. The second kappa shape index (κ2) is 7.01. The van der Waals surface area contributed by atoms with Gasteiger partial charge in [-0.15, -0.1) is 0 Å². The van der Waals surface area contributed by atoms with Crippen molar-refractivity contribution in [3.8, 4) is 5.88 Å². The molecule has 162 valence electrons. The van der Waals surface area contributed by atoms with Gasteiger partial charge in [0.2, 0.25) is 5.65 Å². The lowest BCUT2D eigenvalue weighted by atomic mass is 9.61. The first-order chi connectivity index (χ1) is 14.9. The molecule has 1 aliphatic carbocycles. The first-order valence-corrected chi connectivity index (χ1v) is 9.78. The summed E-state index contributed by atoms with van der Waals surface area (Å²) < 4.78 is 51.7. The number of alkyl halides is 3. The zero-order valence-electron chi connectivity index (χ0n) is 16.6. The van der Waals surface area contributed by atoms with Crippen LogP contribution in [0.25, 0.3) is 5.65 Å². The lowest BCUT2D eigenvalue weighted by molar-refractivity contribution is -0.0235. The van der Waals surface area contributed by atoms with Crippen LogP contribution in [0.5, 0.6) is 5.88 Å². The number of Topliss-reactive ketones (excluding diaryl/α,β-unsaturated/α-hetero) is 1. The maximum atomic E-state index is 13.3. The topological polar surface area (TPSA) is 78.6 Å². The van der Waals surface area contributed by atoms with Gasteiger partial charge in [-0.3, -0.25) is 4.79 Å². The van der Waals surface area contributed by atoms with Crippen molar-refractivity contribution in [3.05, 3.63) is 53.4 Å². The van der Waals surface area contributed by atoms with Gasteiger partial charge in [0, 0.05) is 17.8 Å². The van der Waals surface area contributed by atoms with Crippen LogP contribution in [0.1, 0.15) is 46.8 Å². The van der Waals surface area contributed by atoms with Gasteiger partial charge in [0.25, 0.3) is 12.3 Å². The first-order valence-electron chi connectivity index (χ1n) is 9.78. The van der Waals surface area contributed by atoms with Gasteiger partial charge >= 0.3 is 0 Å². The molecule has 3 aromatic heterocycles. The summed E-state index contributed by atoms with van der Waals surface area (Å²) in [5.74, 6) is -0.205. The van der Waals surface area contributed by atoms with Crippen molar-refractivity contribution in [1.82, 2.24) is 19.4 Å². The van der Waals surface area contributed by atoms with E-state index in [-0.39, 0.29) is 23.4 Å². The average Bonchev–Trinajstić information content (AvgIpc) is 3.44. The molecule has 1 saturated carbocycles. The van der Waals surface area contributed by atoms with Gasteiger partial charge in [0.15, 0.2) is 5.78 Å². The lowest BCUT2D eigenvalue weighted by Gasteiger charge is -2.41. The van der Waals surface area contributed by atoms with E-state index in [9.17, 15) is 18.0 Å². The molecule has 0 atom stereocenters. The second-order valence-electron chi connectivity index (χ2n) is 8.19. The molecule has 10 heteroatoms. The number of pyridine rings is 1. The zero-order valence-corrected chi connectivity index (χ0v) is 16.6. The van der Waals surface area contributed by atoms with Gasteiger partial charge in [0.05, 0.1) is 37.1 Å². The number of imidazole rings is 1. The Morgan fingerprint density at radius 2 is 2.06 bits per heavy atom. The third-order valence-electron chi connectivity index (χ3n) is 6.03. The van der Waals surface area contributed by atoms with Gasteiger partial charge in [-0.25, -0.2) is 28.1 Å². The SMILES string of the molecule is COc1nc(CC(=O)c2cccc(C(F)F)n2)cn2cc(C34COC(CF)(C3)C4)nc12. The molecule has 0 aromatic carbocycles. The zero-order chi connectivity index (χ0) is 21.8. The maximum absolute atomic E-state index is 13.3. The van der Waals surface area contributed by atoms with Crippen LogP contribution in [-0.2, 0) is 16.6 Å². The summed E-state index contributed by atoms with van der Waals surface area (Å²) in [4.78, 5) is 25.3. The first kappa shape index (κ1) is 19.9. The van der Waals surface area contributed by atoms with Crippen molar-refractivity contribution in [2.45, 2.75) is 36.7 Å². The Hall–Kier alpha value is -3.01. The molecule has 6 rings (SSSR count). The van der Waals surface area contributed by atoms with Crippen LogP contribution in [-0.4, -0.2) is 51.1 Å². The molecular weight excluding hydrogens is 413 g/mol. The van der Waals surface area contributed by atoms with Gasteiger partial charge in [-0.05, 0) is 25.0 Å². The highest BCUT2D eigenvalue weighted by Crippen LogP contribution is 2.58.